The van der Waals surface area contributed by atoms with Gasteiger partial charge in [0.2, 0.25) is 0 Å². The summed E-state index contributed by atoms with van der Waals surface area (Å²) in [6.07, 6.45) is 0. The average Bonchev–Trinajstić information content (AvgIpc) is 2.51. The van der Waals surface area contributed by atoms with Gasteiger partial charge in [0.1, 0.15) is 11.3 Å². The highest BCUT2D eigenvalue weighted by atomic mass is 32.2. The molecule has 0 aliphatic carbocycles. The molecule has 0 fully saturated rings. The molecule has 3 aromatic rings. The number of thioether (sulfide) groups is 1. The summed E-state index contributed by atoms with van der Waals surface area (Å²) >= 11 is 1.21. The van der Waals surface area contributed by atoms with E-state index in [1.807, 2.05) is 19.9 Å². The molecule has 0 aliphatic rings. The number of rotatable bonds is 4. The number of ether oxygens (including phenoxy) is 1. The minimum absolute atomic E-state index is 0.0830. The van der Waals surface area contributed by atoms with Crippen LogP contribution in [0.2, 0.25) is 0 Å². The Labute approximate surface area is 141 Å². The van der Waals surface area contributed by atoms with Crippen LogP contribution in [-0.4, -0.2) is 21.7 Å². The van der Waals surface area contributed by atoms with Gasteiger partial charge >= 0.3 is 11.6 Å². The zero-order valence-electron chi connectivity index (χ0n) is 13.1. The highest BCUT2D eigenvalue weighted by molar-refractivity contribution is 7.99. The molecule has 0 unspecified atom stereocenters. The quantitative estimate of drug-likeness (QED) is 0.237. The molecule has 2 aromatic heterocycles. The average molecular weight is 342 g/mol. The Morgan fingerprint density at radius 1 is 1.12 bits per heavy atom. The van der Waals surface area contributed by atoms with Gasteiger partial charge in [0.15, 0.2) is 5.16 Å². The molecule has 122 valence electrons. The van der Waals surface area contributed by atoms with Gasteiger partial charge in [0, 0.05) is 28.9 Å². The van der Waals surface area contributed by atoms with Crippen molar-refractivity contribution in [2.75, 3.05) is 5.75 Å². The van der Waals surface area contributed by atoms with Crippen LogP contribution in [0.3, 0.4) is 0 Å². The lowest BCUT2D eigenvalue weighted by molar-refractivity contribution is -0.131. The molecular formula is C17H14N2O4S. The fourth-order valence-corrected chi connectivity index (χ4v) is 2.87. The van der Waals surface area contributed by atoms with Crippen LogP contribution in [0.4, 0.5) is 0 Å². The lowest BCUT2D eigenvalue weighted by atomic mass is 10.2. The van der Waals surface area contributed by atoms with Crippen molar-refractivity contribution >= 4 is 28.7 Å². The molecule has 6 nitrogen and oxygen atoms in total. The minimum atomic E-state index is -0.450. The van der Waals surface area contributed by atoms with Gasteiger partial charge in [-0.05, 0) is 38.1 Å². The third-order valence-corrected chi connectivity index (χ3v) is 3.93. The van der Waals surface area contributed by atoms with Gasteiger partial charge in [-0.1, -0.05) is 11.8 Å². The number of esters is 1. The predicted molar refractivity (Wildman–Crippen MR) is 90.3 cm³/mol. The number of fused-ring (bicyclic) bond motifs is 1. The van der Waals surface area contributed by atoms with E-state index in [1.165, 1.54) is 23.9 Å². The molecule has 7 heteroatoms. The summed E-state index contributed by atoms with van der Waals surface area (Å²) in [7, 11) is 0. The van der Waals surface area contributed by atoms with Gasteiger partial charge in [0.25, 0.3) is 0 Å². The fraction of sp³-hybridized carbons (Fsp3) is 0.176. The zero-order chi connectivity index (χ0) is 17.1. The molecule has 0 atom stereocenters. The number of aryl methyl sites for hydroxylation is 2. The van der Waals surface area contributed by atoms with Crippen molar-refractivity contribution in [3.8, 4) is 5.75 Å². The Morgan fingerprint density at radius 2 is 1.83 bits per heavy atom. The monoisotopic (exact) mass is 342 g/mol. The summed E-state index contributed by atoms with van der Waals surface area (Å²) in [6, 6.07) is 9.76. The first-order valence-electron chi connectivity index (χ1n) is 7.19. The van der Waals surface area contributed by atoms with E-state index in [0.29, 0.717) is 16.5 Å². The van der Waals surface area contributed by atoms with Crippen LogP contribution in [0, 0.1) is 13.8 Å². The Kier molecular flexibility index (Phi) is 4.61. The van der Waals surface area contributed by atoms with Gasteiger partial charge in [-0.15, -0.1) is 0 Å². The highest BCUT2D eigenvalue weighted by Crippen LogP contribution is 2.21. The number of nitrogens with zero attached hydrogens (tertiary/aromatic N) is 2. The zero-order valence-corrected chi connectivity index (χ0v) is 13.9. The summed E-state index contributed by atoms with van der Waals surface area (Å²) < 4.78 is 10.3. The van der Waals surface area contributed by atoms with Crippen LogP contribution >= 0.6 is 11.8 Å². The predicted octanol–water partition coefficient (Wildman–Crippen LogP) is 2.90. The highest BCUT2D eigenvalue weighted by Gasteiger charge is 2.09. The second-order valence-corrected chi connectivity index (χ2v) is 6.09. The smallest absolute Gasteiger partial charge is 0.336 e. The van der Waals surface area contributed by atoms with E-state index in [2.05, 4.69) is 9.97 Å². The van der Waals surface area contributed by atoms with Crippen LogP contribution in [0.5, 0.6) is 5.75 Å². The number of aromatic nitrogens is 2. The molecule has 2 heterocycles. The molecule has 0 N–H and O–H groups in total. The van der Waals surface area contributed by atoms with Gasteiger partial charge < -0.3 is 9.15 Å². The lowest BCUT2D eigenvalue weighted by Gasteiger charge is -2.05. The van der Waals surface area contributed by atoms with Crippen LogP contribution in [0.25, 0.3) is 11.0 Å². The van der Waals surface area contributed by atoms with Crippen molar-refractivity contribution in [2.24, 2.45) is 0 Å². The Hall–Kier alpha value is -2.67. The normalized spacial score (nSPS) is 10.8. The summed E-state index contributed by atoms with van der Waals surface area (Å²) in [5, 5.41) is 1.29. The maximum Gasteiger partial charge on any atom is 0.336 e. The molecule has 0 aliphatic heterocycles. The molecule has 0 saturated heterocycles. The molecule has 0 amide bonds. The second kappa shape index (κ2) is 6.84. The van der Waals surface area contributed by atoms with E-state index in [9.17, 15) is 9.59 Å². The maximum atomic E-state index is 12.0. The first-order chi connectivity index (χ1) is 11.5. The first kappa shape index (κ1) is 16.2. The molecule has 0 saturated carbocycles. The SMILES string of the molecule is Cc1cc(C)nc(SCC(=O)Oc2ccc3ccc(=O)oc3c2)n1. The van der Waals surface area contributed by atoms with Crippen molar-refractivity contribution in [3.05, 3.63) is 58.2 Å². The van der Waals surface area contributed by atoms with Crippen molar-refractivity contribution in [3.63, 3.8) is 0 Å². The van der Waals surface area contributed by atoms with Gasteiger partial charge in [-0.2, -0.15) is 0 Å². The molecule has 1 aromatic carbocycles. The number of carbonyl (C=O) groups excluding carboxylic acids is 1. The molecule has 3 rings (SSSR count). The second-order valence-electron chi connectivity index (χ2n) is 5.15. The molecular weight excluding hydrogens is 328 g/mol. The number of carbonyl (C=O) groups is 1. The van der Waals surface area contributed by atoms with Crippen LogP contribution in [0.15, 0.2) is 50.8 Å². The molecule has 0 bridgehead atoms. The van der Waals surface area contributed by atoms with Crippen LogP contribution in [0.1, 0.15) is 11.4 Å². The molecule has 0 spiro atoms. The summed E-state index contributed by atoms with van der Waals surface area (Å²) in [5.74, 6) is -0.0242. The van der Waals surface area contributed by atoms with Crippen molar-refractivity contribution in [1.29, 1.82) is 0 Å². The Bertz CT molecular complexity index is 948. The standard InChI is InChI=1S/C17H14N2O4S/c1-10-7-11(2)19-17(18-10)24-9-16(21)22-13-5-3-12-4-6-15(20)23-14(12)8-13/h3-8H,9H2,1-2H3. The van der Waals surface area contributed by atoms with Crippen molar-refractivity contribution < 1.29 is 13.9 Å². The van der Waals surface area contributed by atoms with Crippen LogP contribution < -0.4 is 10.4 Å². The molecule has 24 heavy (non-hydrogen) atoms. The van der Waals surface area contributed by atoms with Gasteiger partial charge in [0.05, 0.1) is 5.75 Å². The van der Waals surface area contributed by atoms with Gasteiger partial charge in [-0.25, -0.2) is 14.8 Å². The number of benzene rings is 1. The van der Waals surface area contributed by atoms with E-state index >= 15 is 0 Å². The topological polar surface area (TPSA) is 82.3 Å². The van der Waals surface area contributed by atoms with Crippen LogP contribution in [-0.2, 0) is 4.79 Å². The van der Waals surface area contributed by atoms with Gasteiger partial charge in [-0.3, -0.25) is 4.79 Å². The Morgan fingerprint density at radius 3 is 2.58 bits per heavy atom. The largest absolute Gasteiger partial charge is 0.426 e. The Balaban J connectivity index is 1.67. The molecule has 0 radical (unpaired) electrons. The fourth-order valence-electron chi connectivity index (χ4n) is 2.15. The van der Waals surface area contributed by atoms with E-state index in [4.69, 9.17) is 9.15 Å². The van der Waals surface area contributed by atoms with E-state index in [-0.39, 0.29) is 5.75 Å². The maximum absolute atomic E-state index is 12.0. The van der Waals surface area contributed by atoms with Crippen molar-refractivity contribution in [1.82, 2.24) is 9.97 Å². The summed E-state index contributed by atoms with van der Waals surface area (Å²) in [6.45, 7) is 3.75. The third kappa shape index (κ3) is 3.99. The first-order valence-corrected chi connectivity index (χ1v) is 8.18. The minimum Gasteiger partial charge on any atom is -0.426 e. The third-order valence-electron chi connectivity index (χ3n) is 3.11. The summed E-state index contributed by atoms with van der Waals surface area (Å²) in [4.78, 5) is 31.7. The number of hydrogen-bond acceptors (Lipinski definition) is 7. The van der Waals surface area contributed by atoms with Crippen molar-refractivity contribution in [2.45, 2.75) is 19.0 Å². The van der Waals surface area contributed by atoms with E-state index < -0.39 is 11.6 Å². The lowest BCUT2D eigenvalue weighted by Crippen LogP contribution is -2.11. The van der Waals surface area contributed by atoms with E-state index in [0.717, 1.165) is 16.8 Å². The number of hydrogen-bond donors (Lipinski definition) is 0. The van der Waals surface area contributed by atoms with E-state index in [1.54, 1.807) is 18.2 Å². The summed E-state index contributed by atoms with van der Waals surface area (Å²) in [5.41, 5.74) is 1.62.